The minimum absolute atomic E-state index is 0.0566. The van der Waals surface area contributed by atoms with Gasteiger partial charge in [-0.2, -0.15) is 0 Å². The molecule has 2 aliphatic carbocycles. The highest BCUT2D eigenvalue weighted by molar-refractivity contribution is 5.91. The summed E-state index contributed by atoms with van der Waals surface area (Å²) in [6.07, 6.45) is 10.9. The van der Waals surface area contributed by atoms with Gasteiger partial charge in [-0.05, 0) is 85.6 Å². The van der Waals surface area contributed by atoms with E-state index in [1.54, 1.807) is 12.1 Å². The Hall–Kier alpha value is -2.30. The first-order chi connectivity index (χ1) is 15.4. The largest absolute Gasteiger partial charge is 0.423 e. The molecule has 4 unspecified atom stereocenters. The van der Waals surface area contributed by atoms with Gasteiger partial charge in [-0.25, -0.2) is 18.0 Å². The Morgan fingerprint density at radius 1 is 0.906 bits per heavy atom. The fraction of sp³-hybridized carbons (Fsp3) is 0.519. The van der Waals surface area contributed by atoms with E-state index >= 15 is 0 Å². The number of rotatable bonds is 6. The Kier molecular flexibility index (Phi) is 7.22. The van der Waals surface area contributed by atoms with Crippen LogP contribution in [0.5, 0.6) is 5.75 Å². The minimum atomic E-state index is -1.10. The first-order valence-corrected chi connectivity index (χ1v) is 11.9. The number of hydrogen-bond acceptors (Lipinski definition) is 2. The van der Waals surface area contributed by atoms with Gasteiger partial charge in [0, 0.05) is 6.07 Å². The topological polar surface area (TPSA) is 26.3 Å². The summed E-state index contributed by atoms with van der Waals surface area (Å²) in [7, 11) is 0. The number of carbonyl (C=O) groups excluding carboxylic acids is 1. The summed E-state index contributed by atoms with van der Waals surface area (Å²) in [5, 5.41) is 0. The second-order valence-electron chi connectivity index (χ2n) is 9.55. The van der Waals surface area contributed by atoms with Crippen LogP contribution in [0.25, 0.3) is 0 Å². The molecule has 2 fully saturated rings. The van der Waals surface area contributed by atoms with Gasteiger partial charge in [0.2, 0.25) is 0 Å². The van der Waals surface area contributed by atoms with E-state index in [0.29, 0.717) is 11.5 Å². The highest BCUT2D eigenvalue weighted by Crippen LogP contribution is 2.48. The Morgan fingerprint density at radius 3 is 2.44 bits per heavy atom. The highest BCUT2D eigenvalue weighted by Gasteiger charge is 2.36. The van der Waals surface area contributed by atoms with Gasteiger partial charge < -0.3 is 4.74 Å². The van der Waals surface area contributed by atoms with Crippen LogP contribution in [0.4, 0.5) is 13.2 Å². The van der Waals surface area contributed by atoms with Gasteiger partial charge in [0.05, 0.1) is 5.56 Å². The molecule has 2 aliphatic rings. The second kappa shape index (κ2) is 10.1. The molecular weight excluding hydrogens is 413 g/mol. The van der Waals surface area contributed by atoms with Crippen molar-refractivity contribution in [2.45, 2.75) is 70.6 Å². The van der Waals surface area contributed by atoms with E-state index in [-0.39, 0.29) is 17.2 Å². The van der Waals surface area contributed by atoms with Crippen molar-refractivity contribution < 1.29 is 22.7 Å². The maximum absolute atomic E-state index is 15.0. The molecule has 0 aromatic heterocycles. The second-order valence-corrected chi connectivity index (χ2v) is 9.55. The van der Waals surface area contributed by atoms with Crippen molar-refractivity contribution in [3.63, 3.8) is 0 Å². The summed E-state index contributed by atoms with van der Waals surface area (Å²) < 4.78 is 46.4. The third kappa shape index (κ3) is 5.19. The fourth-order valence-corrected chi connectivity index (χ4v) is 5.72. The zero-order valence-electron chi connectivity index (χ0n) is 18.6. The number of esters is 1. The van der Waals surface area contributed by atoms with Gasteiger partial charge in [-0.3, -0.25) is 0 Å². The van der Waals surface area contributed by atoms with Crippen LogP contribution in [0.2, 0.25) is 0 Å². The zero-order chi connectivity index (χ0) is 22.7. The molecule has 4 atom stereocenters. The van der Waals surface area contributed by atoms with Crippen LogP contribution in [-0.4, -0.2) is 5.97 Å². The Balaban J connectivity index is 1.38. The SMILES string of the molecule is CCCCC1CCC2CC(c3ccc(C(=O)Oc4ccc(F)c(F)c4)cc3F)CCC2C1. The Labute approximate surface area is 188 Å². The summed E-state index contributed by atoms with van der Waals surface area (Å²) in [6.45, 7) is 2.25. The molecule has 2 nitrogen and oxygen atoms in total. The molecule has 4 rings (SSSR count). The fourth-order valence-electron chi connectivity index (χ4n) is 5.72. The molecule has 2 saturated carbocycles. The maximum atomic E-state index is 15.0. The molecule has 0 N–H and O–H groups in total. The lowest BCUT2D eigenvalue weighted by atomic mass is 9.63. The van der Waals surface area contributed by atoms with E-state index in [1.807, 2.05) is 0 Å². The van der Waals surface area contributed by atoms with Crippen molar-refractivity contribution in [1.29, 1.82) is 0 Å². The first kappa shape index (κ1) is 22.9. The van der Waals surface area contributed by atoms with Crippen molar-refractivity contribution in [2.24, 2.45) is 17.8 Å². The van der Waals surface area contributed by atoms with Gasteiger partial charge in [-0.15, -0.1) is 0 Å². The summed E-state index contributed by atoms with van der Waals surface area (Å²) >= 11 is 0. The monoisotopic (exact) mass is 444 g/mol. The molecule has 0 spiro atoms. The Bertz CT molecular complexity index is 958. The summed E-state index contributed by atoms with van der Waals surface area (Å²) in [5.74, 6) is -0.953. The van der Waals surface area contributed by atoms with Crippen molar-refractivity contribution in [2.75, 3.05) is 0 Å². The standard InChI is InChI=1S/C27H31F3O2/c1-2-3-4-17-5-6-19-14-20(8-7-18(19)13-17)23-11-9-21(15-25(23)29)27(31)32-22-10-12-24(28)26(30)16-22/h9-12,15-20H,2-8,13-14H2,1H3. The zero-order valence-corrected chi connectivity index (χ0v) is 18.6. The Morgan fingerprint density at radius 2 is 1.69 bits per heavy atom. The molecule has 0 saturated heterocycles. The van der Waals surface area contributed by atoms with Crippen LogP contribution in [0, 0.1) is 35.2 Å². The number of ether oxygens (including phenoxy) is 1. The van der Waals surface area contributed by atoms with Crippen LogP contribution < -0.4 is 4.74 Å². The van der Waals surface area contributed by atoms with Gasteiger partial charge >= 0.3 is 5.97 Å². The van der Waals surface area contributed by atoms with Gasteiger partial charge in [0.1, 0.15) is 11.6 Å². The third-order valence-corrected chi connectivity index (χ3v) is 7.47. The third-order valence-electron chi connectivity index (χ3n) is 7.47. The lowest BCUT2D eigenvalue weighted by Crippen LogP contribution is -2.30. The van der Waals surface area contributed by atoms with Crippen molar-refractivity contribution >= 4 is 5.97 Å². The summed E-state index contributed by atoms with van der Waals surface area (Å²) in [6, 6.07) is 7.30. The predicted molar refractivity (Wildman–Crippen MR) is 118 cm³/mol. The van der Waals surface area contributed by atoms with Crippen LogP contribution in [-0.2, 0) is 0 Å². The van der Waals surface area contributed by atoms with E-state index in [0.717, 1.165) is 49.3 Å². The molecule has 0 heterocycles. The van der Waals surface area contributed by atoms with E-state index in [4.69, 9.17) is 4.74 Å². The van der Waals surface area contributed by atoms with Crippen LogP contribution >= 0.6 is 0 Å². The van der Waals surface area contributed by atoms with Gasteiger partial charge in [-0.1, -0.05) is 38.7 Å². The highest BCUT2D eigenvalue weighted by atomic mass is 19.2. The molecule has 0 radical (unpaired) electrons. The van der Waals surface area contributed by atoms with E-state index in [2.05, 4.69) is 6.92 Å². The normalized spacial score (nSPS) is 25.2. The van der Waals surface area contributed by atoms with E-state index in [9.17, 15) is 18.0 Å². The summed E-state index contributed by atoms with van der Waals surface area (Å²) in [5.41, 5.74) is 0.724. The molecule has 2 aromatic rings. The average molecular weight is 445 g/mol. The predicted octanol–water partition coefficient (Wildman–Crippen LogP) is 7.81. The smallest absolute Gasteiger partial charge is 0.343 e. The molecule has 32 heavy (non-hydrogen) atoms. The number of hydrogen-bond donors (Lipinski definition) is 0. The number of fused-ring (bicyclic) bond motifs is 1. The summed E-state index contributed by atoms with van der Waals surface area (Å²) in [4.78, 5) is 12.3. The molecule has 0 aliphatic heterocycles. The van der Waals surface area contributed by atoms with Gasteiger partial charge in [0.25, 0.3) is 0 Å². The molecule has 5 heteroatoms. The first-order valence-electron chi connectivity index (χ1n) is 11.9. The van der Waals surface area contributed by atoms with E-state index < -0.39 is 23.4 Å². The number of unbranched alkanes of at least 4 members (excludes halogenated alkanes) is 1. The minimum Gasteiger partial charge on any atom is -0.423 e. The quantitative estimate of drug-likeness (QED) is 0.335. The average Bonchev–Trinajstić information content (AvgIpc) is 2.79. The van der Waals surface area contributed by atoms with Crippen molar-refractivity contribution in [3.05, 3.63) is 65.0 Å². The van der Waals surface area contributed by atoms with E-state index in [1.165, 1.54) is 44.6 Å². The number of halogens is 3. The van der Waals surface area contributed by atoms with Crippen molar-refractivity contribution in [1.82, 2.24) is 0 Å². The maximum Gasteiger partial charge on any atom is 0.343 e. The van der Waals surface area contributed by atoms with Gasteiger partial charge in [0.15, 0.2) is 11.6 Å². The van der Waals surface area contributed by atoms with Crippen LogP contribution in [0.15, 0.2) is 36.4 Å². The van der Waals surface area contributed by atoms with Crippen LogP contribution in [0.1, 0.15) is 86.6 Å². The molecule has 0 bridgehead atoms. The van der Waals surface area contributed by atoms with Crippen LogP contribution in [0.3, 0.4) is 0 Å². The molecule has 0 amide bonds. The molecule has 172 valence electrons. The molecule has 2 aromatic carbocycles. The van der Waals surface area contributed by atoms with Crippen molar-refractivity contribution in [3.8, 4) is 5.75 Å². The molecular formula is C27H31F3O2. The lowest BCUT2D eigenvalue weighted by Gasteiger charge is -2.42. The number of benzene rings is 2. The number of carbonyl (C=O) groups is 1. The lowest BCUT2D eigenvalue weighted by molar-refractivity contribution is 0.0733.